The molecule has 0 saturated heterocycles. The average molecular weight is 204 g/mol. The van der Waals surface area contributed by atoms with Crippen molar-refractivity contribution >= 4 is 5.82 Å². The van der Waals surface area contributed by atoms with Gasteiger partial charge in [-0.1, -0.05) is 25.8 Å². The first-order chi connectivity index (χ1) is 7.35. The second-order valence-corrected chi connectivity index (χ2v) is 4.63. The highest BCUT2D eigenvalue weighted by atomic mass is 15.0. The van der Waals surface area contributed by atoms with Crippen LogP contribution in [0, 0.1) is 5.41 Å². The van der Waals surface area contributed by atoms with Crippen molar-refractivity contribution in [2.24, 2.45) is 5.41 Å². The molecule has 1 saturated carbocycles. The Balaban J connectivity index is 1.92. The zero-order valence-electron chi connectivity index (χ0n) is 9.50. The Morgan fingerprint density at radius 3 is 2.73 bits per heavy atom. The lowest BCUT2D eigenvalue weighted by molar-refractivity contribution is 0.306. The fraction of sp³-hybridized carbons (Fsp3) is 0.615. The molecule has 0 amide bonds. The van der Waals surface area contributed by atoms with Gasteiger partial charge in [0.2, 0.25) is 0 Å². The van der Waals surface area contributed by atoms with Crippen LogP contribution in [-0.4, -0.2) is 11.5 Å². The summed E-state index contributed by atoms with van der Waals surface area (Å²) in [6, 6.07) is 6.03. The molecule has 0 unspecified atom stereocenters. The number of nitrogens with one attached hydrogen (secondary N) is 1. The van der Waals surface area contributed by atoms with Gasteiger partial charge in [0, 0.05) is 12.7 Å². The minimum atomic E-state index is 0.539. The molecule has 0 aromatic carbocycles. The van der Waals surface area contributed by atoms with Crippen LogP contribution in [0.3, 0.4) is 0 Å². The fourth-order valence-corrected chi connectivity index (χ4v) is 2.53. The molecule has 1 aromatic rings. The lowest BCUT2D eigenvalue weighted by atomic mass is 9.83. The highest BCUT2D eigenvalue weighted by molar-refractivity contribution is 5.33. The van der Waals surface area contributed by atoms with Crippen LogP contribution in [0.4, 0.5) is 5.82 Å². The molecule has 0 bridgehead atoms. The molecule has 1 fully saturated rings. The summed E-state index contributed by atoms with van der Waals surface area (Å²) in [6.45, 7) is 3.39. The Kier molecular flexibility index (Phi) is 3.24. The summed E-state index contributed by atoms with van der Waals surface area (Å²) in [5.74, 6) is 1.01. The predicted octanol–water partition coefficient (Wildman–Crippen LogP) is 3.46. The molecular weight excluding hydrogens is 184 g/mol. The predicted molar refractivity (Wildman–Crippen MR) is 63.9 cm³/mol. The molecular formula is C13H20N2. The molecule has 1 aliphatic rings. The van der Waals surface area contributed by atoms with Gasteiger partial charge in [-0.3, -0.25) is 0 Å². The molecule has 2 heteroatoms. The van der Waals surface area contributed by atoms with Gasteiger partial charge in [-0.2, -0.15) is 0 Å². The smallest absolute Gasteiger partial charge is 0.125 e. The van der Waals surface area contributed by atoms with Crippen LogP contribution < -0.4 is 5.32 Å². The Morgan fingerprint density at radius 2 is 2.13 bits per heavy atom. The molecule has 1 heterocycles. The van der Waals surface area contributed by atoms with Gasteiger partial charge in [0.25, 0.3) is 0 Å². The van der Waals surface area contributed by atoms with Crippen LogP contribution in [-0.2, 0) is 0 Å². The highest BCUT2D eigenvalue weighted by Crippen LogP contribution is 2.40. The van der Waals surface area contributed by atoms with Gasteiger partial charge >= 0.3 is 0 Å². The van der Waals surface area contributed by atoms with E-state index in [1.54, 1.807) is 0 Å². The number of anilines is 1. The van der Waals surface area contributed by atoms with E-state index >= 15 is 0 Å². The zero-order chi connectivity index (χ0) is 10.6. The van der Waals surface area contributed by atoms with E-state index in [1.807, 2.05) is 24.4 Å². The van der Waals surface area contributed by atoms with E-state index in [4.69, 9.17) is 0 Å². The average Bonchev–Trinajstić information content (AvgIpc) is 2.77. The van der Waals surface area contributed by atoms with Gasteiger partial charge in [0.1, 0.15) is 5.82 Å². The van der Waals surface area contributed by atoms with Crippen molar-refractivity contribution in [2.75, 3.05) is 11.9 Å². The van der Waals surface area contributed by atoms with Gasteiger partial charge in [0.05, 0.1) is 0 Å². The van der Waals surface area contributed by atoms with E-state index in [0.717, 1.165) is 12.4 Å². The van der Waals surface area contributed by atoms with Crippen molar-refractivity contribution in [2.45, 2.75) is 39.0 Å². The maximum absolute atomic E-state index is 4.29. The second-order valence-electron chi connectivity index (χ2n) is 4.63. The molecule has 0 aliphatic heterocycles. The van der Waals surface area contributed by atoms with Crippen LogP contribution in [0.25, 0.3) is 0 Å². The molecule has 1 N–H and O–H groups in total. The molecule has 0 atom stereocenters. The normalized spacial score (nSPS) is 19.0. The monoisotopic (exact) mass is 204 g/mol. The van der Waals surface area contributed by atoms with Crippen LogP contribution in [0.1, 0.15) is 39.0 Å². The molecule has 15 heavy (non-hydrogen) atoms. The van der Waals surface area contributed by atoms with E-state index in [9.17, 15) is 0 Å². The summed E-state index contributed by atoms with van der Waals surface area (Å²) in [5.41, 5.74) is 0.539. The highest BCUT2D eigenvalue weighted by Gasteiger charge is 2.31. The molecule has 1 aromatic heterocycles. The van der Waals surface area contributed by atoms with Crippen LogP contribution in [0.15, 0.2) is 24.4 Å². The summed E-state index contributed by atoms with van der Waals surface area (Å²) in [4.78, 5) is 4.29. The number of pyridine rings is 1. The van der Waals surface area contributed by atoms with Gasteiger partial charge in [-0.25, -0.2) is 4.98 Å². The summed E-state index contributed by atoms with van der Waals surface area (Å²) < 4.78 is 0. The van der Waals surface area contributed by atoms with E-state index in [1.165, 1.54) is 32.1 Å². The van der Waals surface area contributed by atoms with E-state index < -0.39 is 0 Å². The Bertz CT molecular complexity index is 289. The van der Waals surface area contributed by atoms with Crippen molar-refractivity contribution in [1.29, 1.82) is 0 Å². The SMILES string of the molecule is CCC1(CNc2ccccn2)CCCC1. The summed E-state index contributed by atoms with van der Waals surface area (Å²) in [6.07, 6.45) is 8.69. The van der Waals surface area contributed by atoms with E-state index in [0.29, 0.717) is 5.41 Å². The number of rotatable bonds is 4. The summed E-state index contributed by atoms with van der Waals surface area (Å²) in [7, 11) is 0. The topological polar surface area (TPSA) is 24.9 Å². The lowest BCUT2D eigenvalue weighted by Gasteiger charge is -2.27. The number of hydrogen-bond donors (Lipinski definition) is 1. The minimum absolute atomic E-state index is 0.539. The first-order valence-electron chi connectivity index (χ1n) is 6.00. The maximum Gasteiger partial charge on any atom is 0.125 e. The van der Waals surface area contributed by atoms with Crippen molar-refractivity contribution in [1.82, 2.24) is 4.98 Å². The van der Waals surface area contributed by atoms with Crippen molar-refractivity contribution in [3.63, 3.8) is 0 Å². The Morgan fingerprint density at radius 1 is 1.33 bits per heavy atom. The number of nitrogens with zero attached hydrogens (tertiary/aromatic N) is 1. The number of aromatic nitrogens is 1. The Labute approximate surface area is 92.1 Å². The van der Waals surface area contributed by atoms with Gasteiger partial charge in [-0.05, 0) is 36.8 Å². The van der Waals surface area contributed by atoms with Crippen LogP contribution >= 0.6 is 0 Å². The largest absolute Gasteiger partial charge is 0.370 e. The maximum atomic E-state index is 4.29. The molecule has 2 rings (SSSR count). The minimum Gasteiger partial charge on any atom is -0.370 e. The third-order valence-electron chi connectivity index (χ3n) is 3.72. The molecule has 82 valence electrons. The zero-order valence-corrected chi connectivity index (χ0v) is 9.50. The molecule has 0 radical (unpaired) electrons. The molecule has 1 aliphatic carbocycles. The first kappa shape index (κ1) is 10.5. The molecule has 2 nitrogen and oxygen atoms in total. The van der Waals surface area contributed by atoms with Crippen molar-refractivity contribution in [3.8, 4) is 0 Å². The summed E-state index contributed by atoms with van der Waals surface area (Å²) >= 11 is 0. The van der Waals surface area contributed by atoms with Gasteiger partial charge in [-0.15, -0.1) is 0 Å². The summed E-state index contributed by atoms with van der Waals surface area (Å²) in [5, 5.41) is 3.47. The van der Waals surface area contributed by atoms with Gasteiger partial charge < -0.3 is 5.32 Å². The van der Waals surface area contributed by atoms with Crippen LogP contribution in [0.5, 0.6) is 0 Å². The third-order valence-corrected chi connectivity index (χ3v) is 3.72. The van der Waals surface area contributed by atoms with Crippen LogP contribution in [0.2, 0.25) is 0 Å². The fourth-order valence-electron chi connectivity index (χ4n) is 2.53. The van der Waals surface area contributed by atoms with Crippen molar-refractivity contribution < 1.29 is 0 Å². The lowest BCUT2D eigenvalue weighted by Crippen LogP contribution is -2.26. The number of hydrogen-bond acceptors (Lipinski definition) is 2. The first-order valence-corrected chi connectivity index (χ1v) is 6.00. The van der Waals surface area contributed by atoms with Gasteiger partial charge in [0.15, 0.2) is 0 Å². The standard InChI is InChI=1S/C13H20N2/c1-2-13(8-4-5-9-13)11-15-12-7-3-6-10-14-12/h3,6-7,10H,2,4-5,8-9,11H2,1H3,(H,14,15). The third kappa shape index (κ3) is 2.49. The quantitative estimate of drug-likeness (QED) is 0.812. The Hall–Kier alpha value is -1.05. The molecule has 0 spiro atoms. The van der Waals surface area contributed by atoms with E-state index in [2.05, 4.69) is 17.2 Å². The van der Waals surface area contributed by atoms with Crippen molar-refractivity contribution in [3.05, 3.63) is 24.4 Å². The van der Waals surface area contributed by atoms with E-state index in [-0.39, 0.29) is 0 Å². The second kappa shape index (κ2) is 4.65.